The van der Waals surface area contributed by atoms with Crippen molar-refractivity contribution in [2.24, 2.45) is 0 Å². The van der Waals surface area contributed by atoms with E-state index in [0.29, 0.717) is 24.6 Å². The second kappa shape index (κ2) is 4.95. The Labute approximate surface area is 114 Å². The van der Waals surface area contributed by atoms with Gasteiger partial charge < -0.3 is 10.1 Å². The Hall–Kier alpha value is -1.98. The molecule has 1 aliphatic rings. The van der Waals surface area contributed by atoms with Crippen LogP contribution >= 0.6 is 11.6 Å². The number of hydrogen-bond acceptors (Lipinski definition) is 4. The first-order valence-electron chi connectivity index (χ1n) is 5.72. The monoisotopic (exact) mass is 275 g/mol. The molecule has 0 saturated carbocycles. The van der Waals surface area contributed by atoms with E-state index >= 15 is 0 Å². The van der Waals surface area contributed by atoms with Gasteiger partial charge in [0, 0.05) is 5.56 Å². The van der Waals surface area contributed by atoms with Gasteiger partial charge >= 0.3 is 0 Å². The summed E-state index contributed by atoms with van der Waals surface area (Å²) in [6.45, 7) is 1.16. The molecule has 3 rings (SSSR count). The third kappa shape index (κ3) is 2.57. The van der Waals surface area contributed by atoms with E-state index in [2.05, 4.69) is 15.5 Å². The Kier molecular flexibility index (Phi) is 3.15. The molecule has 0 atom stereocenters. The van der Waals surface area contributed by atoms with Crippen molar-refractivity contribution in [1.29, 1.82) is 0 Å². The van der Waals surface area contributed by atoms with E-state index in [1.807, 2.05) is 12.1 Å². The topological polar surface area (TPSA) is 64.1 Å². The molecule has 0 aliphatic carbocycles. The van der Waals surface area contributed by atoms with Gasteiger partial charge in [-0.25, -0.2) is 0 Å². The van der Waals surface area contributed by atoms with Crippen LogP contribution in [-0.2, 0) is 18.0 Å². The second-order valence-corrected chi connectivity index (χ2v) is 4.56. The molecule has 1 aromatic carbocycles. The van der Waals surface area contributed by atoms with E-state index in [-0.39, 0.29) is 11.1 Å². The summed E-state index contributed by atoms with van der Waals surface area (Å²) in [6, 6.07) is 8.68. The summed E-state index contributed by atoms with van der Waals surface area (Å²) in [7, 11) is 0. The zero-order chi connectivity index (χ0) is 13.2. The van der Waals surface area contributed by atoms with Gasteiger partial charge in [0.15, 0.2) is 11.0 Å². The summed E-state index contributed by atoms with van der Waals surface area (Å²) < 4.78 is 5.31. The summed E-state index contributed by atoms with van der Waals surface area (Å²) in [5, 5.41) is 10.4. The number of amides is 1. The van der Waals surface area contributed by atoms with Gasteiger partial charge in [0.2, 0.25) is 0 Å². The van der Waals surface area contributed by atoms with Crippen LogP contribution in [0.2, 0.25) is 5.15 Å². The van der Waals surface area contributed by atoms with E-state index in [0.717, 1.165) is 11.1 Å². The first kappa shape index (κ1) is 12.1. The van der Waals surface area contributed by atoms with Crippen molar-refractivity contribution in [3.63, 3.8) is 0 Å². The second-order valence-electron chi connectivity index (χ2n) is 4.17. The number of benzene rings is 1. The number of hydrogen-bond donors (Lipinski definition) is 1. The molecule has 0 radical (unpaired) electrons. The molecule has 2 heterocycles. The van der Waals surface area contributed by atoms with E-state index in [1.165, 1.54) is 0 Å². The van der Waals surface area contributed by atoms with Crippen LogP contribution in [-0.4, -0.2) is 16.1 Å². The Balaban J connectivity index is 1.78. The lowest BCUT2D eigenvalue weighted by Crippen LogP contribution is -2.13. The maximum absolute atomic E-state index is 12.0. The Morgan fingerprint density at radius 2 is 2.00 bits per heavy atom. The predicted molar refractivity (Wildman–Crippen MR) is 69.9 cm³/mol. The fourth-order valence-corrected chi connectivity index (χ4v) is 1.99. The zero-order valence-electron chi connectivity index (χ0n) is 9.89. The molecule has 1 N–H and O–H groups in total. The van der Waals surface area contributed by atoms with Crippen molar-refractivity contribution in [2.45, 2.75) is 13.2 Å². The minimum Gasteiger partial charge on any atom is -0.372 e. The Morgan fingerprint density at radius 3 is 2.79 bits per heavy atom. The molecule has 0 spiro atoms. The number of carbonyl (C=O) groups excluding carboxylic acids is 1. The largest absolute Gasteiger partial charge is 0.372 e. The summed E-state index contributed by atoms with van der Waals surface area (Å²) in [6.07, 6.45) is 0. The molecule has 0 bridgehead atoms. The Bertz CT molecular complexity index is 628. The van der Waals surface area contributed by atoms with Crippen LogP contribution in [0.25, 0.3) is 0 Å². The maximum Gasteiger partial charge on any atom is 0.256 e. The van der Waals surface area contributed by atoms with Crippen molar-refractivity contribution in [3.05, 3.63) is 52.2 Å². The maximum atomic E-state index is 12.0. The fourth-order valence-electron chi connectivity index (χ4n) is 1.88. The summed E-state index contributed by atoms with van der Waals surface area (Å²) in [5.74, 6) is 0.137. The van der Waals surface area contributed by atoms with Crippen molar-refractivity contribution in [2.75, 3.05) is 5.32 Å². The standard InChI is InChI=1S/C13H10ClN3O2/c14-11-3-4-12(17-16-11)15-13(18)8-1-2-9-6-19-7-10(9)5-8/h1-5H,6-7H2,(H,15,17,18). The molecular weight excluding hydrogens is 266 g/mol. The minimum atomic E-state index is -0.230. The van der Waals surface area contributed by atoms with Crippen LogP contribution in [0.3, 0.4) is 0 Å². The first-order valence-corrected chi connectivity index (χ1v) is 6.10. The molecule has 5 nitrogen and oxygen atoms in total. The predicted octanol–water partition coefficient (Wildman–Crippen LogP) is 2.41. The van der Waals surface area contributed by atoms with Gasteiger partial charge in [0.05, 0.1) is 13.2 Å². The molecule has 96 valence electrons. The van der Waals surface area contributed by atoms with Crippen molar-refractivity contribution in [1.82, 2.24) is 10.2 Å². The number of aromatic nitrogens is 2. The summed E-state index contributed by atoms with van der Waals surface area (Å²) >= 11 is 5.63. The highest BCUT2D eigenvalue weighted by Crippen LogP contribution is 2.21. The van der Waals surface area contributed by atoms with Gasteiger partial charge in [-0.15, -0.1) is 10.2 Å². The number of nitrogens with one attached hydrogen (secondary N) is 1. The minimum absolute atomic E-state index is 0.230. The average Bonchev–Trinajstić information content (AvgIpc) is 2.88. The number of rotatable bonds is 2. The molecular formula is C13H10ClN3O2. The third-order valence-electron chi connectivity index (χ3n) is 2.86. The van der Waals surface area contributed by atoms with E-state index in [1.54, 1.807) is 18.2 Å². The number of nitrogens with zero attached hydrogens (tertiary/aromatic N) is 2. The summed E-state index contributed by atoms with van der Waals surface area (Å²) in [4.78, 5) is 12.0. The molecule has 6 heteroatoms. The number of halogens is 1. The number of ether oxygens (including phenoxy) is 1. The van der Waals surface area contributed by atoms with Crippen LogP contribution in [0.5, 0.6) is 0 Å². The number of carbonyl (C=O) groups is 1. The molecule has 1 amide bonds. The van der Waals surface area contributed by atoms with Gasteiger partial charge in [-0.1, -0.05) is 17.7 Å². The normalized spacial score (nSPS) is 13.1. The SMILES string of the molecule is O=C(Nc1ccc(Cl)nn1)c1ccc2c(c1)COC2. The highest BCUT2D eigenvalue weighted by atomic mass is 35.5. The quantitative estimate of drug-likeness (QED) is 0.914. The molecule has 0 fully saturated rings. The summed E-state index contributed by atoms with van der Waals surface area (Å²) in [5.41, 5.74) is 2.75. The molecule has 1 aliphatic heterocycles. The van der Waals surface area contributed by atoms with Crippen LogP contribution in [0.4, 0.5) is 5.82 Å². The lowest BCUT2D eigenvalue weighted by atomic mass is 10.1. The van der Waals surface area contributed by atoms with Crippen molar-refractivity contribution >= 4 is 23.3 Å². The van der Waals surface area contributed by atoms with Crippen LogP contribution in [0, 0.1) is 0 Å². The fraction of sp³-hybridized carbons (Fsp3) is 0.154. The smallest absolute Gasteiger partial charge is 0.256 e. The van der Waals surface area contributed by atoms with Crippen LogP contribution < -0.4 is 5.32 Å². The molecule has 19 heavy (non-hydrogen) atoms. The molecule has 2 aromatic rings. The molecule has 0 unspecified atom stereocenters. The van der Waals surface area contributed by atoms with Gasteiger partial charge in [0.25, 0.3) is 5.91 Å². The number of anilines is 1. The van der Waals surface area contributed by atoms with Gasteiger partial charge in [-0.3, -0.25) is 4.79 Å². The average molecular weight is 276 g/mol. The lowest BCUT2D eigenvalue weighted by molar-refractivity contribution is 0.102. The van der Waals surface area contributed by atoms with Gasteiger partial charge in [-0.2, -0.15) is 0 Å². The van der Waals surface area contributed by atoms with Gasteiger partial charge in [-0.05, 0) is 35.4 Å². The van der Waals surface area contributed by atoms with E-state index < -0.39 is 0 Å². The lowest BCUT2D eigenvalue weighted by Gasteiger charge is -2.05. The number of fused-ring (bicyclic) bond motifs is 1. The highest BCUT2D eigenvalue weighted by molar-refractivity contribution is 6.29. The van der Waals surface area contributed by atoms with E-state index in [9.17, 15) is 4.79 Å². The molecule has 1 aromatic heterocycles. The zero-order valence-corrected chi connectivity index (χ0v) is 10.6. The van der Waals surface area contributed by atoms with Crippen molar-refractivity contribution < 1.29 is 9.53 Å². The molecule has 0 saturated heterocycles. The highest BCUT2D eigenvalue weighted by Gasteiger charge is 2.14. The Morgan fingerprint density at radius 1 is 1.16 bits per heavy atom. The first-order chi connectivity index (χ1) is 9.22. The van der Waals surface area contributed by atoms with Crippen LogP contribution in [0.15, 0.2) is 30.3 Å². The van der Waals surface area contributed by atoms with Crippen LogP contribution in [0.1, 0.15) is 21.5 Å². The van der Waals surface area contributed by atoms with Gasteiger partial charge in [0.1, 0.15) is 0 Å². The third-order valence-corrected chi connectivity index (χ3v) is 3.06. The van der Waals surface area contributed by atoms with E-state index in [4.69, 9.17) is 16.3 Å². The van der Waals surface area contributed by atoms with Crippen molar-refractivity contribution in [3.8, 4) is 0 Å².